The molecule has 1 aromatic heterocycles. The maximum atomic E-state index is 4.39. The van der Waals surface area contributed by atoms with Gasteiger partial charge in [-0.3, -0.25) is 4.68 Å². The monoisotopic (exact) mass is 237 g/mol. The van der Waals surface area contributed by atoms with E-state index in [-0.39, 0.29) is 0 Å². The molecule has 0 aliphatic carbocycles. The van der Waals surface area contributed by atoms with Crippen LogP contribution in [0.25, 0.3) is 0 Å². The average molecular weight is 237 g/mol. The lowest BCUT2D eigenvalue weighted by molar-refractivity contribution is 0.450. The van der Waals surface area contributed by atoms with E-state index in [1.165, 1.54) is 31.4 Å². The normalized spacial score (nSPS) is 12.9. The Hall–Kier alpha value is -0.830. The van der Waals surface area contributed by atoms with Crippen LogP contribution in [-0.2, 0) is 6.54 Å². The van der Waals surface area contributed by atoms with Gasteiger partial charge in [0.15, 0.2) is 0 Å². The molecule has 3 nitrogen and oxygen atoms in total. The van der Waals surface area contributed by atoms with Crippen molar-refractivity contribution in [3.63, 3.8) is 0 Å². The van der Waals surface area contributed by atoms with Crippen LogP contribution in [0.15, 0.2) is 12.3 Å². The molecule has 1 aromatic rings. The van der Waals surface area contributed by atoms with Gasteiger partial charge in [0.2, 0.25) is 0 Å². The molecule has 1 N–H and O–H groups in total. The van der Waals surface area contributed by atoms with Crippen molar-refractivity contribution < 1.29 is 0 Å². The van der Waals surface area contributed by atoms with E-state index < -0.39 is 0 Å². The lowest BCUT2D eigenvalue weighted by Gasteiger charge is -2.14. The summed E-state index contributed by atoms with van der Waals surface area (Å²) in [5, 5.41) is 7.90. The van der Waals surface area contributed by atoms with E-state index in [1.54, 1.807) is 0 Å². The molecular formula is C14H27N3. The largest absolute Gasteiger partial charge is 0.311 e. The van der Waals surface area contributed by atoms with Crippen molar-refractivity contribution in [2.45, 2.75) is 65.5 Å². The molecule has 1 rings (SSSR count). The molecule has 0 spiro atoms. The highest BCUT2D eigenvalue weighted by molar-refractivity contribution is 5.01. The number of aromatic nitrogens is 2. The Kier molecular flexibility index (Phi) is 6.94. The van der Waals surface area contributed by atoms with Crippen LogP contribution >= 0.6 is 0 Å². The first-order valence-corrected chi connectivity index (χ1v) is 7.02. The minimum Gasteiger partial charge on any atom is -0.311 e. The Morgan fingerprint density at radius 3 is 2.82 bits per heavy atom. The molecule has 0 radical (unpaired) electrons. The second-order valence-electron chi connectivity index (χ2n) is 4.76. The molecule has 0 bridgehead atoms. The summed E-state index contributed by atoms with van der Waals surface area (Å²) in [4.78, 5) is 0. The molecule has 1 unspecified atom stereocenters. The van der Waals surface area contributed by atoms with Gasteiger partial charge in [0.25, 0.3) is 0 Å². The number of nitrogens with one attached hydrogen (secondary N) is 1. The van der Waals surface area contributed by atoms with Crippen LogP contribution in [-0.4, -0.2) is 16.3 Å². The number of hydrogen-bond donors (Lipinski definition) is 1. The number of hydrogen-bond acceptors (Lipinski definition) is 2. The van der Waals surface area contributed by atoms with Crippen LogP contribution in [0.5, 0.6) is 0 Å². The van der Waals surface area contributed by atoms with Crippen molar-refractivity contribution in [2.24, 2.45) is 0 Å². The highest BCUT2D eigenvalue weighted by atomic mass is 15.3. The first-order valence-electron chi connectivity index (χ1n) is 7.02. The predicted molar refractivity (Wildman–Crippen MR) is 73.1 cm³/mol. The van der Waals surface area contributed by atoms with Gasteiger partial charge < -0.3 is 5.32 Å². The SMILES string of the molecule is CCCCCCNCc1ccnn1C(C)CC. The van der Waals surface area contributed by atoms with E-state index in [9.17, 15) is 0 Å². The molecule has 0 aromatic carbocycles. The third-order valence-electron chi connectivity index (χ3n) is 3.27. The van der Waals surface area contributed by atoms with Crippen LogP contribution in [0.4, 0.5) is 0 Å². The van der Waals surface area contributed by atoms with E-state index in [2.05, 4.69) is 41.9 Å². The molecule has 98 valence electrons. The maximum Gasteiger partial charge on any atom is 0.0525 e. The predicted octanol–water partition coefficient (Wildman–Crippen LogP) is 3.52. The standard InChI is InChI=1S/C14H27N3/c1-4-6-7-8-10-15-12-14-9-11-16-17(14)13(3)5-2/h9,11,13,15H,4-8,10,12H2,1-3H3. The summed E-state index contributed by atoms with van der Waals surface area (Å²) in [6.45, 7) is 8.73. The van der Waals surface area contributed by atoms with Gasteiger partial charge in [-0.1, -0.05) is 33.1 Å². The summed E-state index contributed by atoms with van der Waals surface area (Å²) in [7, 11) is 0. The van der Waals surface area contributed by atoms with E-state index in [1.807, 2.05) is 6.20 Å². The van der Waals surface area contributed by atoms with Gasteiger partial charge in [-0.05, 0) is 32.4 Å². The summed E-state index contributed by atoms with van der Waals surface area (Å²) in [6, 6.07) is 2.62. The highest BCUT2D eigenvalue weighted by Gasteiger charge is 2.07. The number of nitrogens with zero attached hydrogens (tertiary/aromatic N) is 2. The first-order chi connectivity index (χ1) is 8.29. The van der Waals surface area contributed by atoms with Crippen molar-refractivity contribution in [1.29, 1.82) is 0 Å². The second kappa shape index (κ2) is 8.29. The molecule has 0 fully saturated rings. The third-order valence-corrected chi connectivity index (χ3v) is 3.27. The quantitative estimate of drug-likeness (QED) is 0.666. The second-order valence-corrected chi connectivity index (χ2v) is 4.76. The zero-order chi connectivity index (χ0) is 12.5. The van der Waals surface area contributed by atoms with Crippen LogP contribution in [0.2, 0.25) is 0 Å². The van der Waals surface area contributed by atoms with E-state index in [0.29, 0.717) is 6.04 Å². The minimum absolute atomic E-state index is 0.502. The minimum atomic E-state index is 0.502. The fourth-order valence-corrected chi connectivity index (χ4v) is 1.94. The Morgan fingerprint density at radius 2 is 2.12 bits per heavy atom. The average Bonchev–Trinajstić information content (AvgIpc) is 2.81. The molecule has 17 heavy (non-hydrogen) atoms. The van der Waals surface area contributed by atoms with E-state index in [4.69, 9.17) is 0 Å². The maximum absolute atomic E-state index is 4.39. The molecule has 0 aliphatic heterocycles. The summed E-state index contributed by atoms with van der Waals surface area (Å²) in [5.41, 5.74) is 1.30. The molecular weight excluding hydrogens is 210 g/mol. The Balaban J connectivity index is 2.24. The third kappa shape index (κ3) is 4.90. The topological polar surface area (TPSA) is 29.9 Å². The van der Waals surface area contributed by atoms with Crippen LogP contribution in [0.3, 0.4) is 0 Å². The highest BCUT2D eigenvalue weighted by Crippen LogP contribution is 2.11. The van der Waals surface area contributed by atoms with Crippen molar-refractivity contribution in [2.75, 3.05) is 6.54 Å². The van der Waals surface area contributed by atoms with Crippen LogP contribution < -0.4 is 5.32 Å². The zero-order valence-corrected chi connectivity index (χ0v) is 11.6. The molecule has 0 aliphatic rings. The molecule has 0 saturated carbocycles. The van der Waals surface area contributed by atoms with Gasteiger partial charge in [0, 0.05) is 18.8 Å². The van der Waals surface area contributed by atoms with Gasteiger partial charge in [-0.25, -0.2) is 0 Å². The van der Waals surface area contributed by atoms with Gasteiger partial charge in [0.05, 0.1) is 5.69 Å². The summed E-state index contributed by atoms with van der Waals surface area (Å²) >= 11 is 0. The van der Waals surface area contributed by atoms with Crippen molar-refractivity contribution in [3.05, 3.63) is 18.0 Å². The molecule has 0 saturated heterocycles. The van der Waals surface area contributed by atoms with E-state index in [0.717, 1.165) is 19.5 Å². The summed E-state index contributed by atoms with van der Waals surface area (Å²) < 4.78 is 2.14. The fourth-order valence-electron chi connectivity index (χ4n) is 1.94. The van der Waals surface area contributed by atoms with Crippen molar-refractivity contribution >= 4 is 0 Å². The number of rotatable bonds is 9. The fraction of sp³-hybridized carbons (Fsp3) is 0.786. The molecule has 0 amide bonds. The Morgan fingerprint density at radius 1 is 1.29 bits per heavy atom. The van der Waals surface area contributed by atoms with Crippen molar-refractivity contribution in [3.8, 4) is 0 Å². The zero-order valence-electron chi connectivity index (χ0n) is 11.6. The van der Waals surface area contributed by atoms with Crippen LogP contribution in [0, 0.1) is 0 Å². The smallest absolute Gasteiger partial charge is 0.0525 e. The number of unbranched alkanes of at least 4 members (excludes halogenated alkanes) is 3. The molecule has 1 atom stereocenters. The van der Waals surface area contributed by atoms with Gasteiger partial charge >= 0.3 is 0 Å². The van der Waals surface area contributed by atoms with Gasteiger partial charge in [-0.15, -0.1) is 0 Å². The van der Waals surface area contributed by atoms with Gasteiger partial charge in [0.1, 0.15) is 0 Å². The summed E-state index contributed by atoms with van der Waals surface area (Å²) in [5.74, 6) is 0. The lowest BCUT2D eigenvalue weighted by atomic mass is 10.2. The van der Waals surface area contributed by atoms with Gasteiger partial charge in [-0.2, -0.15) is 5.10 Å². The first kappa shape index (κ1) is 14.2. The van der Waals surface area contributed by atoms with Crippen molar-refractivity contribution in [1.82, 2.24) is 15.1 Å². The molecule has 3 heteroatoms. The Bertz CT molecular complexity index is 293. The Labute approximate surface area is 106 Å². The lowest BCUT2D eigenvalue weighted by Crippen LogP contribution is -2.19. The molecule has 1 heterocycles. The van der Waals surface area contributed by atoms with Crippen LogP contribution in [0.1, 0.15) is 64.6 Å². The summed E-state index contributed by atoms with van der Waals surface area (Å²) in [6.07, 6.45) is 8.32. The van der Waals surface area contributed by atoms with E-state index >= 15 is 0 Å².